The van der Waals surface area contributed by atoms with Gasteiger partial charge in [0.15, 0.2) is 0 Å². The molecule has 82 valence electrons. The van der Waals surface area contributed by atoms with Gasteiger partial charge in [0.1, 0.15) is 0 Å². The molecule has 0 fully saturated rings. The van der Waals surface area contributed by atoms with E-state index >= 15 is 0 Å². The molecule has 0 aromatic heterocycles. The van der Waals surface area contributed by atoms with Gasteiger partial charge >= 0.3 is 0 Å². The van der Waals surface area contributed by atoms with Crippen molar-refractivity contribution in [2.45, 2.75) is 47.6 Å². The lowest BCUT2D eigenvalue weighted by atomic mass is 10.1. The van der Waals surface area contributed by atoms with Crippen molar-refractivity contribution >= 4 is 0 Å². The Morgan fingerprint density at radius 3 is 1.50 bits per heavy atom. The zero-order chi connectivity index (χ0) is 11.4. The molecule has 1 heteroatoms. The zero-order valence-corrected chi connectivity index (χ0v) is 10.3. The van der Waals surface area contributed by atoms with Crippen molar-refractivity contribution in [1.82, 2.24) is 0 Å². The van der Waals surface area contributed by atoms with Crippen LogP contribution in [-0.4, -0.2) is 0 Å². The highest BCUT2D eigenvalue weighted by Gasteiger charge is 1.88. The highest BCUT2D eigenvalue weighted by Crippen LogP contribution is 2.03. The molecule has 1 nitrogen and oxygen atoms in total. The predicted octanol–water partition coefficient (Wildman–Crippen LogP) is 3.76. The smallest absolute Gasteiger partial charge is 0.0178 e. The maximum atomic E-state index is 5.44. The fourth-order valence-electron chi connectivity index (χ4n) is 0.911. The van der Waals surface area contributed by atoms with Crippen LogP contribution in [0.2, 0.25) is 0 Å². The van der Waals surface area contributed by atoms with Gasteiger partial charge < -0.3 is 5.73 Å². The lowest BCUT2D eigenvalue weighted by molar-refractivity contribution is 1.06. The molecule has 0 amide bonds. The summed E-state index contributed by atoms with van der Waals surface area (Å²) in [6.45, 7) is 10.8. The van der Waals surface area contributed by atoms with Crippen molar-refractivity contribution in [2.24, 2.45) is 5.73 Å². The molecular weight excluding hydrogens is 170 g/mol. The number of benzene rings is 1. The molecule has 1 aromatic carbocycles. The number of rotatable bonds is 2. The Balaban J connectivity index is 0. The van der Waals surface area contributed by atoms with E-state index < -0.39 is 0 Å². The van der Waals surface area contributed by atoms with E-state index in [9.17, 15) is 0 Å². The van der Waals surface area contributed by atoms with Crippen LogP contribution in [0.15, 0.2) is 24.3 Å². The Labute approximate surface area is 89.3 Å². The number of hydrogen-bond donors (Lipinski definition) is 1. The summed E-state index contributed by atoms with van der Waals surface area (Å²) >= 11 is 0. The highest BCUT2D eigenvalue weighted by molar-refractivity contribution is 5.21. The first kappa shape index (κ1) is 15.6. The van der Waals surface area contributed by atoms with E-state index in [4.69, 9.17) is 5.73 Å². The van der Waals surface area contributed by atoms with Crippen molar-refractivity contribution in [2.75, 3.05) is 0 Å². The molecule has 2 N–H and O–H groups in total. The maximum Gasteiger partial charge on any atom is 0.0178 e. The van der Waals surface area contributed by atoms with Crippen LogP contribution in [0.4, 0.5) is 0 Å². The van der Waals surface area contributed by atoms with Gasteiger partial charge in [-0.25, -0.2) is 0 Å². The summed E-state index contributed by atoms with van der Waals surface area (Å²) in [4.78, 5) is 0. The van der Waals surface area contributed by atoms with Crippen LogP contribution in [-0.2, 0) is 13.0 Å². The van der Waals surface area contributed by atoms with Crippen molar-refractivity contribution in [3.8, 4) is 0 Å². The molecule has 0 heterocycles. The molecule has 0 radical (unpaired) electrons. The second kappa shape index (κ2) is 12.2. The zero-order valence-electron chi connectivity index (χ0n) is 10.3. The molecule has 1 aromatic rings. The van der Waals surface area contributed by atoms with Crippen LogP contribution < -0.4 is 5.73 Å². The summed E-state index contributed by atoms with van der Waals surface area (Å²) in [6.07, 6.45) is 1.10. The van der Waals surface area contributed by atoms with E-state index in [2.05, 4.69) is 31.2 Å². The summed E-state index contributed by atoms with van der Waals surface area (Å²) < 4.78 is 0. The average Bonchev–Trinajstić information content (AvgIpc) is 2.34. The molecule has 0 unspecified atom stereocenters. The van der Waals surface area contributed by atoms with E-state index in [1.54, 1.807) is 0 Å². The van der Waals surface area contributed by atoms with Gasteiger partial charge in [0.05, 0.1) is 0 Å². The first-order valence-electron chi connectivity index (χ1n) is 5.64. The minimum Gasteiger partial charge on any atom is -0.326 e. The van der Waals surface area contributed by atoms with E-state index in [0.29, 0.717) is 6.54 Å². The summed E-state index contributed by atoms with van der Waals surface area (Å²) in [5.74, 6) is 0. The Hall–Kier alpha value is -0.820. The monoisotopic (exact) mass is 195 g/mol. The topological polar surface area (TPSA) is 26.0 Å². The lowest BCUT2D eigenvalue weighted by Crippen LogP contribution is -1.95. The molecule has 0 aliphatic rings. The average molecular weight is 195 g/mol. The summed E-state index contributed by atoms with van der Waals surface area (Å²) in [5, 5.41) is 0. The minimum absolute atomic E-state index is 0.643. The van der Waals surface area contributed by atoms with Crippen LogP contribution >= 0.6 is 0 Å². The van der Waals surface area contributed by atoms with Crippen LogP contribution in [0.25, 0.3) is 0 Å². The van der Waals surface area contributed by atoms with E-state index in [1.807, 2.05) is 27.7 Å². The Bertz CT molecular complexity index is 166. The molecule has 0 aliphatic heterocycles. The first-order chi connectivity index (χ1) is 6.86. The molecular formula is C13H25N. The predicted molar refractivity (Wildman–Crippen MR) is 66.4 cm³/mol. The Morgan fingerprint density at radius 2 is 1.21 bits per heavy atom. The minimum atomic E-state index is 0.643. The van der Waals surface area contributed by atoms with Gasteiger partial charge in [0, 0.05) is 6.54 Å². The summed E-state index contributed by atoms with van der Waals surface area (Å²) in [7, 11) is 0. The summed E-state index contributed by atoms with van der Waals surface area (Å²) in [6, 6.07) is 8.42. The molecule has 0 aliphatic carbocycles. The van der Waals surface area contributed by atoms with Crippen molar-refractivity contribution in [3.05, 3.63) is 35.4 Å². The fourth-order valence-corrected chi connectivity index (χ4v) is 0.911. The third-order valence-electron chi connectivity index (χ3n) is 1.67. The number of aryl methyl sites for hydroxylation is 1. The van der Waals surface area contributed by atoms with E-state index in [1.165, 1.54) is 11.1 Å². The lowest BCUT2D eigenvalue weighted by Gasteiger charge is -1.97. The first-order valence-corrected chi connectivity index (χ1v) is 5.64. The van der Waals surface area contributed by atoms with Gasteiger partial charge in [0.2, 0.25) is 0 Å². The van der Waals surface area contributed by atoms with Gasteiger partial charge in [-0.2, -0.15) is 0 Å². The third kappa shape index (κ3) is 6.67. The second-order valence-electron chi connectivity index (χ2n) is 2.37. The molecule has 14 heavy (non-hydrogen) atoms. The van der Waals surface area contributed by atoms with E-state index in [0.717, 1.165) is 6.42 Å². The SMILES string of the molecule is CC.CC.CCc1ccc(CN)cc1. The van der Waals surface area contributed by atoms with Crippen molar-refractivity contribution < 1.29 is 0 Å². The van der Waals surface area contributed by atoms with Gasteiger partial charge in [-0.1, -0.05) is 58.9 Å². The standard InChI is InChI=1S/C9H13N.2C2H6/c1-2-8-3-5-9(7-10)6-4-8;2*1-2/h3-6H,2,7,10H2,1H3;2*1-2H3. The Morgan fingerprint density at radius 1 is 0.857 bits per heavy atom. The third-order valence-corrected chi connectivity index (χ3v) is 1.67. The Kier molecular flexibility index (Phi) is 13.6. The van der Waals surface area contributed by atoms with E-state index in [-0.39, 0.29) is 0 Å². The van der Waals surface area contributed by atoms with Crippen LogP contribution in [0.5, 0.6) is 0 Å². The molecule has 0 saturated heterocycles. The maximum absolute atomic E-state index is 5.44. The van der Waals surface area contributed by atoms with Crippen LogP contribution in [0.1, 0.15) is 45.7 Å². The summed E-state index contributed by atoms with van der Waals surface area (Å²) in [5.41, 5.74) is 8.02. The number of hydrogen-bond acceptors (Lipinski definition) is 1. The molecule has 0 atom stereocenters. The molecule has 0 spiro atoms. The van der Waals surface area contributed by atoms with Gasteiger partial charge in [-0.15, -0.1) is 0 Å². The number of nitrogens with two attached hydrogens (primary N) is 1. The largest absolute Gasteiger partial charge is 0.326 e. The molecule has 1 rings (SSSR count). The van der Waals surface area contributed by atoms with Gasteiger partial charge in [-0.3, -0.25) is 0 Å². The molecule has 0 bridgehead atoms. The second-order valence-corrected chi connectivity index (χ2v) is 2.37. The fraction of sp³-hybridized carbons (Fsp3) is 0.538. The molecule has 0 saturated carbocycles. The van der Waals surface area contributed by atoms with Gasteiger partial charge in [0.25, 0.3) is 0 Å². The normalized spacial score (nSPS) is 7.86. The van der Waals surface area contributed by atoms with Crippen molar-refractivity contribution in [3.63, 3.8) is 0 Å². The highest BCUT2D eigenvalue weighted by atomic mass is 14.5. The van der Waals surface area contributed by atoms with Gasteiger partial charge in [-0.05, 0) is 17.5 Å². The van der Waals surface area contributed by atoms with Crippen LogP contribution in [0, 0.1) is 0 Å². The van der Waals surface area contributed by atoms with Crippen LogP contribution in [0.3, 0.4) is 0 Å². The van der Waals surface area contributed by atoms with Crippen molar-refractivity contribution in [1.29, 1.82) is 0 Å². The quantitative estimate of drug-likeness (QED) is 0.764.